The van der Waals surface area contributed by atoms with Gasteiger partial charge in [0.25, 0.3) is 5.91 Å². The van der Waals surface area contributed by atoms with Crippen LogP contribution >= 0.6 is 12.2 Å². The summed E-state index contributed by atoms with van der Waals surface area (Å²) in [6, 6.07) is 0.0509. The molecule has 2 N–H and O–H groups in total. The Hall–Kier alpha value is -0.680. The van der Waals surface area contributed by atoms with Crippen LogP contribution in [0.15, 0.2) is 0 Å². The van der Waals surface area contributed by atoms with Gasteiger partial charge in [0, 0.05) is 13.2 Å². The molecule has 16 heavy (non-hydrogen) atoms. The SMILES string of the molecule is CCC(C)(OC)C(=O)N(CC(N)=S)C(C)C. The van der Waals surface area contributed by atoms with E-state index in [0.717, 1.165) is 0 Å². The Bertz CT molecular complexity index is 263. The summed E-state index contributed by atoms with van der Waals surface area (Å²) in [5, 5.41) is 0. The summed E-state index contributed by atoms with van der Waals surface area (Å²) in [6.45, 7) is 7.86. The molecule has 0 aliphatic carbocycles. The number of amides is 1. The lowest BCUT2D eigenvalue weighted by Gasteiger charge is -2.35. The smallest absolute Gasteiger partial charge is 0.255 e. The third-order valence-electron chi connectivity index (χ3n) is 2.79. The van der Waals surface area contributed by atoms with E-state index in [-0.39, 0.29) is 11.9 Å². The summed E-state index contributed by atoms with van der Waals surface area (Å²) in [7, 11) is 1.54. The highest BCUT2D eigenvalue weighted by Crippen LogP contribution is 2.19. The highest BCUT2D eigenvalue weighted by atomic mass is 32.1. The van der Waals surface area contributed by atoms with Gasteiger partial charge in [-0.05, 0) is 27.2 Å². The number of carbonyl (C=O) groups is 1. The van der Waals surface area contributed by atoms with Crippen molar-refractivity contribution in [1.82, 2.24) is 4.90 Å². The van der Waals surface area contributed by atoms with Gasteiger partial charge in [-0.25, -0.2) is 0 Å². The molecule has 0 aliphatic heterocycles. The fraction of sp³-hybridized carbons (Fsp3) is 0.818. The number of hydrogen-bond donors (Lipinski definition) is 1. The number of methoxy groups -OCH3 is 1. The van der Waals surface area contributed by atoms with Crippen molar-refractivity contribution in [3.8, 4) is 0 Å². The molecule has 0 aromatic heterocycles. The van der Waals surface area contributed by atoms with Crippen LogP contribution in [0.25, 0.3) is 0 Å². The number of nitrogens with two attached hydrogens (primary N) is 1. The van der Waals surface area contributed by atoms with Crippen molar-refractivity contribution in [3.05, 3.63) is 0 Å². The van der Waals surface area contributed by atoms with E-state index in [0.29, 0.717) is 18.0 Å². The molecule has 94 valence electrons. The van der Waals surface area contributed by atoms with Crippen molar-refractivity contribution >= 4 is 23.1 Å². The first-order valence-corrected chi connectivity index (χ1v) is 5.83. The first-order chi connectivity index (χ1) is 7.28. The molecule has 4 nitrogen and oxygen atoms in total. The molecule has 1 atom stereocenters. The summed E-state index contributed by atoms with van der Waals surface area (Å²) in [5.41, 5.74) is 4.70. The lowest BCUT2D eigenvalue weighted by atomic mass is 10.0. The number of nitrogens with zero attached hydrogens (tertiary/aromatic N) is 1. The average molecular weight is 246 g/mol. The van der Waals surface area contributed by atoms with E-state index in [9.17, 15) is 4.79 Å². The maximum absolute atomic E-state index is 12.3. The van der Waals surface area contributed by atoms with Crippen LogP contribution < -0.4 is 5.73 Å². The second kappa shape index (κ2) is 6.15. The normalized spacial score (nSPS) is 14.6. The van der Waals surface area contributed by atoms with E-state index in [4.69, 9.17) is 22.7 Å². The number of carbonyl (C=O) groups excluding carboxylic acids is 1. The second-order valence-electron chi connectivity index (χ2n) is 4.28. The molecule has 0 radical (unpaired) electrons. The van der Waals surface area contributed by atoms with Crippen LogP contribution in [0.3, 0.4) is 0 Å². The van der Waals surface area contributed by atoms with E-state index in [1.54, 1.807) is 18.9 Å². The Labute approximate surface area is 103 Å². The number of thiocarbonyl (C=S) groups is 1. The van der Waals surface area contributed by atoms with Crippen LogP contribution in [0.2, 0.25) is 0 Å². The second-order valence-corrected chi connectivity index (χ2v) is 4.81. The molecule has 1 unspecified atom stereocenters. The number of hydrogen-bond acceptors (Lipinski definition) is 3. The van der Waals surface area contributed by atoms with Gasteiger partial charge in [0.1, 0.15) is 5.60 Å². The molecule has 1 amide bonds. The van der Waals surface area contributed by atoms with Gasteiger partial charge in [0.2, 0.25) is 0 Å². The molecule has 0 saturated heterocycles. The fourth-order valence-corrected chi connectivity index (χ4v) is 1.48. The Morgan fingerprint density at radius 3 is 2.31 bits per heavy atom. The zero-order valence-electron chi connectivity index (χ0n) is 10.7. The molecule has 0 fully saturated rings. The monoisotopic (exact) mass is 246 g/mol. The van der Waals surface area contributed by atoms with Gasteiger partial charge in [-0.3, -0.25) is 4.79 Å². The molecule has 0 heterocycles. The predicted molar refractivity (Wildman–Crippen MR) is 69.3 cm³/mol. The van der Waals surface area contributed by atoms with Gasteiger partial charge in [-0.2, -0.15) is 0 Å². The van der Waals surface area contributed by atoms with Gasteiger partial charge >= 0.3 is 0 Å². The Morgan fingerprint density at radius 2 is 2.06 bits per heavy atom. The molecule has 0 saturated carbocycles. The van der Waals surface area contributed by atoms with E-state index in [1.807, 2.05) is 20.8 Å². The van der Waals surface area contributed by atoms with Gasteiger partial charge in [-0.15, -0.1) is 0 Å². The zero-order chi connectivity index (χ0) is 12.9. The van der Waals surface area contributed by atoms with Gasteiger partial charge < -0.3 is 15.4 Å². The molecule has 0 rings (SSSR count). The first kappa shape index (κ1) is 15.3. The predicted octanol–water partition coefficient (Wildman–Crippen LogP) is 1.32. The summed E-state index contributed by atoms with van der Waals surface area (Å²) in [6.07, 6.45) is 0.614. The molecule has 5 heteroatoms. The third kappa shape index (κ3) is 3.72. The average Bonchev–Trinajstić information content (AvgIpc) is 2.23. The van der Waals surface area contributed by atoms with E-state index in [2.05, 4.69) is 0 Å². The van der Waals surface area contributed by atoms with Crippen LogP contribution in [0.1, 0.15) is 34.1 Å². The highest BCUT2D eigenvalue weighted by molar-refractivity contribution is 7.80. The topological polar surface area (TPSA) is 55.6 Å². The van der Waals surface area contributed by atoms with E-state index < -0.39 is 5.60 Å². The lowest BCUT2D eigenvalue weighted by Crippen LogP contribution is -2.52. The summed E-state index contributed by atoms with van der Waals surface area (Å²) in [4.78, 5) is 14.3. The van der Waals surface area contributed by atoms with Crippen LogP contribution in [0.5, 0.6) is 0 Å². The maximum atomic E-state index is 12.3. The van der Waals surface area contributed by atoms with Crippen molar-refractivity contribution in [1.29, 1.82) is 0 Å². The Morgan fingerprint density at radius 1 is 1.56 bits per heavy atom. The van der Waals surface area contributed by atoms with Crippen molar-refractivity contribution in [2.45, 2.75) is 45.8 Å². The minimum Gasteiger partial charge on any atom is -0.392 e. The van der Waals surface area contributed by atoms with Crippen molar-refractivity contribution < 1.29 is 9.53 Å². The summed E-state index contributed by atoms with van der Waals surface area (Å²) < 4.78 is 5.29. The van der Waals surface area contributed by atoms with Gasteiger partial charge in [-0.1, -0.05) is 19.1 Å². The standard InChI is InChI=1S/C11H22N2O2S/c1-6-11(4,15-5)10(14)13(8(2)3)7-9(12)16/h8H,6-7H2,1-5H3,(H2,12,16). The molecule has 0 aromatic rings. The zero-order valence-corrected chi connectivity index (χ0v) is 11.6. The summed E-state index contributed by atoms with van der Waals surface area (Å²) in [5.74, 6) is -0.0692. The maximum Gasteiger partial charge on any atom is 0.255 e. The lowest BCUT2D eigenvalue weighted by molar-refractivity contribution is -0.154. The van der Waals surface area contributed by atoms with E-state index in [1.165, 1.54) is 0 Å². The fourth-order valence-electron chi connectivity index (χ4n) is 1.34. The molecular weight excluding hydrogens is 224 g/mol. The quantitative estimate of drug-likeness (QED) is 0.718. The highest BCUT2D eigenvalue weighted by Gasteiger charge is 2.36. The first-order valence-electron chi connectivity index (χ1n) is 5.43. The van der Waals surface area contributed by atoms with Crippen molar-refractivity contribution in [2.24, 2.45) is 5.73 Å². The minimum absolute atomic E-state index is 0.0509. The molecule has 0 aromatic carbocycles. The van der Waals surface area contributed by atoms with Gasteiger partial charge in [0.05, 0.1) is 11.5 Å². The van der Waals surface area contributed by atoms with Crippen molar-refractivity contribution in [2.75, 3.05) is 13.7 Å². The molecule has 0 bridgehead atoms. The number of rotatable bonds is 6. The van der Waals surface area contributed by atoms with E-state index >= 15 is 0 Å². The van der Waals surface area contributed by atoms with Crippen molar-refractivity contribution in [3.63, 3.8) is 0 Å². The number of ether oxygens (including phenoxy) is 1. The Balaban J connectivity index is 4.93. The molecular formula is C11H22N2O2S. The van der Waals surface area contributed by atoms with Crippen LogP contribution in [0.4, 0.5) is 0 Å². The van der Waals surface area contributed by atoms with Gasteiger partial charge in [0.15, 0.2) is 0 Å². The molecule has 0 spiro atoms. The Kier molecular flexibility index (Phi) is 5.89. The largest absolute Gasteiger partial charge is 0.392 e. The van der Waals surface area contributed by atoms with Crippen LogP contribution in [-0.2, 0) is 9.53 Å². The third-order valence-corrected chi connectivity index (χ3v) is 2.92. The summed E-state index contributed by atoms with van der Waals surface area (Å²) >= 11 is 4.85. The van der Waals surface area contributed by atoms with Crippen LogP contribution in [-0.4, -0.2) is 41.1 Å². The minimum atomic E-state index is -0.797. The molecule has 0 aliphatic rings. The van der Waals surface area contributed by atoms with Crippen LogP contribution in [0, 0.1) is 0 Å².